The molecule has 0 spiro atoms. The van der Waals surface area contributed by atoms with Gasteiger partial charge in [0.1, 0.15) is 0 Å². The Morgan fingerprint density at radius 3 is 2.83 bits per heavy atom. The van der Waals surface area contributed by atoms with Crippen LogP contribution in [0.3, 0.4) is 0 Å². The monoisotopic (exact) mass is 250 g/mol. The van der Waals surface area contributed by atoms with Crippen LogP contribution >= 0.6 is 0 Å². The predicted octanol–water partition coefficient (Wildman–Crippen LogP) is 2.54. The second-order valence-corrected chi connectivity index (χ2v) is 5.50. The van der Waals surface area contributed by atoms with Crippen LogP contribution in [0.25, 0.3) is 0 Å². The number of hydrogen-bond donors (Lipinski definition) is 2. The van der Waals surface area contributed by atoms with Gasteiger partial charge in [-0.15, -0.1) is 0 Å². The Labute approximate surface area is 110 Å². The molecule has 1 saturated carbocycles. The predicted molar refractivity (Wildman–Crippen MR) is 74.4 cm³/mol. The molecule has 0 aromatic carbocycles. The molecule has 18 heavy (non-hydrogen) atoms. The van der Waals surface area contributed by atoms with Crippen molar-refractivity contribution < 1.29 is 5.11 Å². The van der Waals surface area contributed by atoms with Crippen LogP contribution in [0.4, 0.5) is 0 Å². The third kappa shape index (κ3) is 3.85. The molecule has 1 aromatic rings. The number of hydrogen-bond acceptors (Lipinski definition) is 2. The van der Waals surface area contributed by atoms with E-state index in [0.29, 0.717) is 0 Å². The summed E-state index contributed by atoms with van der Waals surface area (Å²) in [5.41, 5.74) is 1.38. The molecule has 102 valence electrons. The van der Waals surface area contributed by atoms with Gasteiger partial charge in [0.2, 0.25) is 0 Å². The smallest absolute Gasteiger partial charge is 0.0540 e. The summed E-state index contributed by atoms with van der Waals surface area (Å²) in [5, 5.41) is 13.0. The van der Waals surface area contributed by atoms with Gasteiger partial charge in [0, 0.05) is 25.0 Å². The molecule has 1 fully saturated rings. The molecule has 3 heteroatoms. The molecule has 1 aliphatic carbocycles. The standard InChI is InChI=1S/C15H26N2O/c1-2-9-17-10-3-4-14(17)12-16-11-13-5-7-15(18)8-6-13/h3-4,10,13,15-16,18H,2,5-9,11-12H2,1H3. The summed E-state index contributed by atoms with van der Waals surface area (Å²) in [6, 6.07) is 4.33. The van der Waals surface area contributed by atoms with Gasteiger partial charge in [-0.3, -0.25) is 0 Å². The number of aliphatic hydroxyl groups excluding tert-OH is 1. The maximum atomic E-state index is 9.47. The minimum absolute atomic E-state index is 0.0389. The summed E-state index contributed by atoms with van der Waals surface area (Å²) in [4.78, 5) is 0. The molecule has 1 heterocycles. The van der Waals surface area contributed by atoms with E-state index < -0.39 is 0 Å². The maximum absolute atomic E-state index is 9.47. The van der Waals surface area contributed by atoms with Crippen molar-refractivity contribution in [3.05, 3.63) is 24.0 Å². The highest BCUT2D eigenvalue weighted by Gasteiger charge is 2.18. The van der Waals surface area contributed by atoms with E-state index in [1.54, 1.807) is 0 Å². The summed E-state index contributed by atoms with van der Waals surface area (Å²) >= 11 is 0. The van der Waals surface area contributed by atoms with Gasteiger partial charge >= 0.3 is 0 Å². The molecular formula is C15H26N2O. The fraction of sp³-hybridized carbons (Fsp3) is 0.733. The zero-order chi connectivity index (χ0) is 12.8. The highest BCUT2D eigenvalue weighted by atomic mass is 16.3. The Bertz CT molecular complexity index is 340. The zero-order valence-electron chi connectivity index (χ0n) is 11.4. The highest BCUT2D eigenvalue weighted by Crippen LogP contribution is 2.23. The third-order valence-electron chi connectivity index (χ3n) is 3.94. The first kappa shape index (κ1) is 13.6. The van der Waals surface area contributed by atoms with Crippen LogP contribution in [0, 0.1) is 5.92 Å². The molecule has 0 radical (unpaired) electrons. The Hall–Kier alpha value is -0.800. The van der Waals surface area contributed by atoms with Crippen LogP contribution in [-0.4, -0.2) is 22.3 Å². The molecule has 0 atom stereocenters. The number of aryl methyl sites for hydroxylation is 1. The van der Waals surface area contributed by atoms with Crippen molar-refractivity contribution in [1.29, 1.82) is 0 Å². The minimum atomic E-state index is -0.0389. The fourth-order valence-electron chi connectivity index (χ4n) is 2.82. The third-order valence-corrected chi connectivity index (χ3v) is 3.94. The SMILES string of the molecule is CCCn1cccc1CNCC1CCC(O)CC1. The first-order valence-corrected chi connectivity index (χ1v) is 7.32. The van der Waals surface area contributed by atoms with E-state index in [1.807, 2.05) is 0 Å². The van der Waals surface area contributed by atoms with Crippen LogP contribution in [0.5, 0.6) is 0 Å². The fourth-order valence-corrected chi connectivity index (χ4v) is 2.82. The Morgan fingerprint density at radius 1 is 1.33 bits per heavy atom. The lowest BCUT2D eigenvalue weighted by Crippen LogP contribution is -2.28. The molecule has 0 bridgehead atoms. The van der Waals surface area contributed by atoms with Crippen LogP contribution < -0.4 is 5.32 Å². The summed E-state index contributed by atoms with van der Waals surface area (Å²) in [5.74, 6) is 0.753. The first-order chi connectivity index (χ1) is 8.79. The van der Waals surface area contributed by atoms with E-state index in [2.05, 4.69) is 35.1 Å². The van der Waals surface area contributed by atoms with Crippen molar-refractivity contribution in [2.75, 3.05) is 6.54 Å². The summed E-state index contributed by atoms with van der Waals surface area (Å²) < 4.78 is 2.33. The second kappa shape index (κ2) is 6.95. The zero-order valence-corrected chi connectivity index (χ0v) is 11.4. The molecular weight excluding hydrogens is 224 g/mol. The molecule has 0 aliphatic heterocycles. The van der Waals surface area contributed by atoms with Gasteiger partial charge in [0.05, 0.1) is 6.10 Å². The average molecular weight is 250 g/mol. The van der Waals surface area contributed by atoms with Crippen molar-refractivity contribution in [2.45, 2.75) is 58.2 Å². The van der Waals surface area contributed by atoms with E-state index in [1.165, 1.54) is 25.0 Å². The molecule has 3 nitrogen and oxygen atoms in total. The van der Waals surface area contributed by atoms with E-state index in [-0.39, 0.29) is 6.10 Å². The summed E-state index contributed by atoms with van der Waals surface area (Å²) in [6.07, 6.45) is 7.62. The quantitative estimate of drug-likeness (QED) is 0.814. The van der Waals surface area contributed by atoms with Crippen LogP contribution in [-0.2, 0) is 13.1 Å². The van der Waals surface area contributed by atoms with E-state index in [0.717, 1.165) is 38.4 Å². The number of rotatable bonds is 6. The Balaban J connectivity index is 1.70. The van der Waals surface area contributed by atoms with Gasteiger partial charge < -0.3 is 15.0 Å². The largest absolute Gasteiger partial charge is 0.393 e. The van der Waals surface area contributed by atoms with Gasteiger partial charge in [0.15, 0.2) is 0 Å². The maximum Gasteiger partial charge on any atom is 0.0540 e. The molecule has 2 N–H and O–H groups in total. The van der Waals surface area contributed by atoms with E-state index in [9.17, 15) is 5.11 Å². The molecule has 1 aromatic heterocycles. The lowest BCUT2D eigenvalue weighted by Gasteiger charge is -2.25. The number of nitrogens with zero attached hydrogens (tertiary/aromatic N) is 1. The van der Waals surface area contributed by atoms with E-state index in [4.69, 9.17) is 0 Å². The topological polar surface area (TPSA) is 37.2 Å². The first-order valence-electron chi connectivity index (χ1n) is 7.32. The van der Waals surface area contributed by atoms with Crippen molar-refractivity contribution in [1.82, 2.24) is 9.88 Å². The van der Waals surface area contributed by atoms with Gasteiger partial charge in [-0.2, -0.15) is 0 Å². The van der Waals surface area contributed by atoms with Crippen molar-refractivity contribution in [3.8, 4) is 0 Å². The Morgan fingerprint density at radius 2 is 2.11 bits per heavy atom. The lowest BCUT2D eigenvalue weighted by atomic mass is 9.87. The van der Waals surface area contributed by atoms with Gasteiger partial charge in [-0.25, -0.2) is 0 Å². The Kier molecular flexibility index (Phi) is 5.26. The van der Waals surface area contributed by atoms with Gasteiger partial charge in [-0.1, -0.05) is 6.92 Å². The average Bonchev–Trinajstić information content (AvgIpc) is 2.80. The molecule has 0 amide bonds. The number of aromatic nitrogens is 1. The lowest BCUT2D eigenvalue weighted by molar-refractivity contribution is 0.108. The summed E-state index contributed by atoms with van der Waals surface area (Å²) in [6.45, 7) is 5.38. The van der Waals surface area contributed by atoms with Gasteiger partial charge in [-0.05, 0) is 56.7 Å². The number of aliphatic hydroxyl groups is 1. The van der Waals surface area contributed by atoms with Crippen LogP contribution in [0.2, 0.25) is 0 Å². The second-order valence-electron chi connectivity index (χ2n) is 5.50. The molecule has 1 aliphatic rings. The molecule has 2 rings (SSSR count). The van der Waals surface area contributed by atoms with Crippen LogP contribution in [0.1, 0.15) is 44.7 Å². The van der Waals surface area contributed by atoms with Gasteiger partial charge in [0.25, 0.3) is 0 Å². The normalized spacial score (nSPS) is 24.3. The van der Waals surface area contributed by atoms with Crippen molar-refractivity contribution in [2.24, 2.45) is 5.92 Å². The molecule has 0 unspecified atom stereocenters. The van der Waals surface area contributed by atoms with E-state index >= 15 is 0 Å². The minimum Gasteiger partial charge on any atom is -0.393 e. The molecule has 0 saturated heterocycles. The van der Waals surface area contributed by atoms with Crippen molar-refractivity contribution in [3.63, 3.8) is 0 Å². The van der Waals surface area contributed by atoms with Crippen molar-refractivity contribution >= 4 is 0 Å². The highest BCUT2D eigenvalue weighted by molar-refractivity contribution is 5.06. The number of nitrogens with one attached hydrogen (secondary N) is 1. The summed E-state index contributed by atoms with van der Waals surface area (Å²) in [7, 11) is 0. The van der Waals surface area contributed by atoms with Crippen LogP contribution in [0.15, 0.2) is 18.3 Å².